The maximum atomic E-state index is 8.69. The monoisotopic (exact) mass is 266 g/mol. The second-order valence-corrected chi connectivity index (χ2v) is 3.52. The van der Waals surface area contributed by atoms with Gasteiger partial charge in [0.05, 0.1) is 9.26 Å². The molecule has 0 aliphatic carbocycles. The predicted molar refractivity (Wildman–Crippen MR) is 51.5 cm³/mol. The number of halogens is 1. The van der Waals surface area contributed by atoms with Crippen LogP contribution < -0.4 is 0 Å². The van der Waals surface area contributed by atoms with Crippen LogP contribution in [0.2, 0.25) is 0 Å². The third-order valence-electron chi connectivity index (χ3n) is 1.68. The van der Waals surface area contributed by atoms with E-state index >= 15 is 0 Å². The number of rotatable bonds is 2. The van der Waals surface area contributed by atoms with Crippen molar-refractivity contribution in [3.63, 3.8) is 0 Å². The molecule has 0 aliphatic rings. The first-order valence-electron chi connectivity index (χ1n) is 3.45. The van der Waals surface area contributed by atoms with Crippen LogP contribution in [0.4, 0.5) is 0 Å². The standard InChI is InChI=1S/C7H11IN2O/c1-5-7(8)6(3-4-11)9-10(5)2/h11H,3-4H2,1-2H3. The number of nitrogens with zero attached hydrogens (tertiary/aromatic N) is 2. The maximum absolute atomic E-state index is 8.69. The lowest BCUT2D eigenvalue weighted by Gasteiger charge is -1.90. The molecule has 0 fully saturated rings. The lowest BCUT2D eigenvalue weighted by Crippen LogP contribution is -1.95. The summed E-state index contributed by atoms with van der Waals surface area (Å²) < 4.78 is 3.01. The molecule has 11 heavy (non-hydrogen) atoms. The summed E-state index contributed by atoms with van der Waals surface area (Å²) in [5.74, 6) is 0. The fourth-order valence-corrected chi connectivity index (χ4v) is 1.64. The molecule has 0 aliphatic heterocycles. The maximum Gasteiger partial charge on any atom is 0.0783 e. The Bertz CT molecular complexity index is 257. The van der Waals surface area contributed by atoms with Crippen molar-refractivity contribution in [2.45, 2.75) is 13.3 Å². The third-order valence-corrected chi connectivity index (χ3v) is 3.08. The number of aromatic nitrogens is 2. The van der Waals surface area contributed by atoms with Crippen LogP contribution in [0.3, 0.4) is 0 Å². The Kier molecular flexibility index (Phi) is 2.89. The minimum atomic E-state index is 0.173. The normalized spacial score (nSPS) is 10.5. The summed E-state index contributed by atoms with van der Waals surface area (Å²) in [5.41, 5.74) is 2.15. The van der Waals surface area contributed by atoms with Crippen LogP contribution in [0.1, 0.15) is 11.4 Å². The van der Waals surface area contributed by atoms with Gasteiger partial charge >= 0.3 is 0 Å². The molecule has 3 nitrogen and oxygen atoms in total. The van der Waals surface area contributed by atoms with Crippen molar-refractivity contribution >= 4 is 22.6 Å². The van der Waals surface area contributed by atoms with Gasteiger partial charge in [0.2, 0.25) is 0 Å². The molecule has 0 spiro atoms. The summed E-state index contributed by atoms with van der Waals surface area (Å²) in [6.45, 7) is 2.20. The summed E-state index contributed by atoms with van der Waals surface area (Å²) in [6.07, 6.45) is 0.653. The number of hydrogen-bond donors (Lipinski definition) is 1. The molecule has 4 heteroatoms. The average Bonchev–Trinajstić information content (AvgIpc) is 2.19. The van der Waals surface area contributed by atoms with Crippen LogP contribution in [0, 0.1) is 10.5 Å². The highest BCUT2D eigenvalue weighted by molar-refractivity contribution is 14.1. The van der Waals surface area contributed by atoms with E-state index in [9.17, 15) is 0 Å². The molecular weight excluding hydrogens is 255 g/mol. The molecule has 62 valence electrons. The molecule has 0 saturated carbocycles. The third kappa shape index (κ3) is 1.73. The summed E-state index contributed by atoms with van der Waals surface area (Å²) in [7, 11) is 1.92. The zero-order chi connectivity index (χ0) is 8.43. The minimum Gasteiger partial charge on any atom is -0.396 e. The van der Waals surface area contributed by atoms with Crippen LogP contribution in [-0.2, 0) is 13.5 Å². The largest absolute Gasteiger partial charge is 0.396 e. The van der Waals surface area contributed by atoms with Gasteiger partial charge in [0, 0.05) is 25.8 Å². The average molecular weight is 266 g/mol. The first kappa shape index (κ1) is 8.99. The van der Waals surface area contributed by atoms with Gasteiger partial charge in [-0.25, -0.2) is 0 Å². The van der Waals surface area contributed by atoms with E-state index in [0.29, 0.717) is 6.42 Å². The molecular formula is C7H11IN2O. The molecule has 0 saturated heterocycles. The Morgan fingerprint density at radius 2 is 2.27 bits per heavy atom. The number of aryl methyl sites for hydroxylation is 1. The Hall–Kier alpha value is -0.100. The SMILES string of the molecule is Cc1c(I)c(CCO)nn1C. The highest BCUT2D eigenvalue weighted by Gasteiger charge is 2.08. The first-order chi connectivity index (χ1) is 5.16. The molecule has 0 aromatic carbocycles. The van der Waals surface area contributed by atoms with E-state index in [0.717, 1.165) is 11.4 Å². The quantitative estimate of drug-likeness (QED) is 0.806. The van der Waals surface area contributed by atoms with Crippen molar-refractivity contribution in [2.24, 2.45) is 7.05 Å². The van der Waals surface area contributed by atoms with Crippen LogP contribution in [-0.4, -0.2) is 21.5 Å². The molecule has 0 unspecified atom stereocenters. The van der Waals surface area contributed by atoms with E-state index in [4.69, 9.17) is 5.11 Å². The van der Waals surface area contributed by atoms with Gasteiger partial charge < -0.3 is 5.11 Å². The number of aliphatic hydroxyl groups excluding tert-OH is 1. The van der Waals surface area contributed by atoms with Crippen molar-refractivity contribution in [1.82, 2.24) is 9.78 Å². The molecule has 1 rings (SSSR count). The second-order valence-electron chi connectivity index (χ2n) is 2.44. The fraction of sp³-hybridized carbons (Fsp3) is 0.571. The fourth-order valence-electron chi connectivity index (χ4n) is 0.916. The van der Waals surface area contributed by atoms with Gasteiger partial charge in [-0.1, -0.05) is 0 Å². The highest BCUT2D eigenvalue weighted by Crippen LogP contribution is 2.15. The van der Waals surface area contributed by atoms with Gasteiger partial charge in [-0.2, -0.15) is 5.10 Å². The number of aliphatic hydroxyl groups is 1. The van der Waals surface area contributed by atoms with Crippen molar-refractivity contribution in [1.29, 1.82) is 0 Å². The van der Waals surface area contributed by atoms with Crippen LogP contribution >= 0.6 is 22.6 Å². The molecule has 0 atom stereocenters. The van der Waals surface area contributed by atoms with E-state index < -0.39 is 0 Å². The summed E-state index contributed by atoms with van der Waals surface area (Å²) in [5, 5.41) is 12.9. The zero-order valence-electron chi connectivity index (χ0n) is 6.63. The molecule has 0 bridgehead atoms. The smallest absolute Gasteiger partial charge is 0.0783 e. The Morgan fingerprint density at radius 1 is 1.64 bits per heavy atom. The molecule has 1 aromatic rings. The Morgan fingerprint density at radius 3 is 2.64 bits per heavy atom. The van der Waals surface area contributed by atoms with Crippen LogP contribution in [0.5, 0.6) is 0 Å². The zero-order valence-corrected chi connectivity index (χ0v) is 8.79. The topological polar surface area (TPSA) is 38.1 Å². The molecule has 1 N–H and O–H groups in total. The van der Waals surface area contributed by atoms with Gasteiger partial charge in [-0.05, 0) is 29.5 Å². The first-order valence-corrected chi connectivity index (χ1v) is 4.53. The minimum absolute atomic E-state index is 0.173. The molecule has 0 amide bonds. The summed E-state index contributed by atoms with van der Waals surface area (Å²) in [4.78, 5) is 0. The van der Waals surface area contributed by atoms with Crippen molar-refractivity contribution in [3.8, 4) is 0 Å². The van der Waals surface area contributed by atoms with E-state index in [-0.39, 0.29) is 6.61 Å². The van der Waals surface area contributed by atoms with Crippen LogP contribution in [0.25, 0.3) is 0 Å². The summed E-state index contributed by atoms with van der Waals surface area (Å²) in [6, 6.07) is 0. The Balaban J connectivity index is 2.98. The van der Waals surface area contributed by atoms with Gasteiger partial charge in [0.1, 0.15) is 0 Å². The highest BCUT2D eigenvalue weighted by atomic mass is 127. The van der Waals surface area contributed by atoms with Gasteiger partial charge in [0.25, 0.3) is 0 Å². The van der Waals surface area contributed by atoms with E-state index in [1.807, 2.05) is 18.7 Å². The van der Waals surface area contributed by atoms with E-state index in [2.05, 4.69) is 27.7 Å². The van der Waals surface area contributed by atoms with E-state index in [1.165, 1.54) is 3.57 Å². The lowest BCUT2D eigenvalue weighted by molar-refractivity contribution is 0.297. The van der Waals surface area contributed by atoms with E-state index in [1.54, 1.807) is 0 Å². The molecule has 0 radical (unpaired) electrons. The molecule has 1 heterocycles. The van der Waals surface area contributed by atoms with Gasteiger partial charge in [0.15, 0.2) is 0 Å². The van der Waals surface area contributed by atoms with Crippen molar-refractivity contribution in [3.05, 3.63) is 15.0 Å². The summed E-state index contributed by atoms with van der Waals surface area (Å²) >= 11 is 2.25. The van der Waals surface area contributed by atoms with Gasteiger partial charge in [-0.3, -0.25) is 4.68 Å². The predicted octanol–water partition coefficient (Wildman–Crippen LogP) is 0.868. The van der Waals surface area contributed by atoms with Crippen molar-refractivity contribution in [2.75, 3.05) is 6.61 Å². The molecule has 1 aromatic heterocycles. The second kappa shape index (κ2) is 3.53. The van der Waals surface area contributed by atoms with Crippen molar-refractivity contribution < 1.29 is 5.11 Å². The van der Waals surface area contributed by atoms with Crippen LogP contribution in [0.15, 0.2) is 0 Å². The Labute approximate surface area is 79.6 Å². The number of hydrogen-bond acceptors (Lipinski definition) is 2. The van der Waals surface area contributed by atoms with Gasteiger partial charge in [-0.15, -0.1) is 0 Å². The lowest BCUT2D eigenvalue weighted by atomic mass is 10.3.